The van der Waals surface area contributed by atoms with E-state index in [2.05, 4.69) is 18.7 Å². The van der Waals surface area contributed by atoms with Crippen molar-refractivity contribution in [3.63, 3.8) is 0 Å². The lowest BCUT2D eigenvalue weighted by atomic mass is 10.0. The summed E-state index contributed by atoms with van der Waals surface area (Å²) < 4.78 is 5.73. The zero-order chi connectivity index (χ0) is 13.1. The SMILES string of the molecule is CC1CN(C(CN)c2ccccc2O)CC(C)O1. The molecule has 1 fully saturated rings. The number of hydrogen-bond donors (Lipinski definition) is 2. The molecule has 4 heteroatoms. The van der Waals surface area contributed by atoms with Crippen molar-refractivity contribution in [1.82, 2.24) is 4.90 Å². The fraction of sp³-hybridized carbons (Fsp3) is 0.571. The van der Waals surface area contributed by atoms with Gasteiger partial charge in [0.05, 0.1) is 18.2 Å². The lowest BCUT2D eigenvalue weighted by molar-refractivity contribution is -0.0801. The van der Waals surface area contributed by atoms with Gasteiger partial charge < -0.3 is 15.6 Å². The number of para-hydroxylation sites is 1. The van der Waals surface area contributed by atoms with Crippen LogP contribution in [0.15, 0.2) is 24.3 Å². The van der Waals surface area contributed by atoms with Gasteiger partial charge >= 0.3 is 0 Å². The lowest BCUT2D eigenvalue weighted by Crippen LogP contribution is -2.48. The molecule has 1 aromatic carbocycles. The quantitative estimate of drug-likeness (QED) is 0.853. The van der Waals surface area contributed by atoms with Crippen molar-refractivity contribution >= 4 is 0 Å². The summed E-state index contributed by atoms with van der Waals surface area (Å²) in [6, 6.07) is 7.48. The molecule has 1 saturated heterocycles. The zero-order valence-electron chi connectivity index (χ0n) is 11.0. The summed E-state index contributed by atoms with van der Waals surface area (Å²) >= 11 is 0. The molecule has 0 aliphatic carbocycles. The topological polar surface area (TPSA) is 58.7 Å². The molecule has 1 aliphatic rings. The summed E-state index contributed by atoms with van der Waals surface area (Å²) in [5, 5.41) is 9.96. The van der Waals surface area contributed by atoms with Crippen LogP contribution < -0.4 is 5.73 Å². The Bertz CT molecular complexity index is 387. The van der Waals surface area contributed by atoms with Gasteiger partial charge in [0, 0.05) is 25.2 Å². The number of benzene rings is 1. The van der Waals surface area contributed by atoms with Crippen LogP contribution in [0.3, 0.4) is 0 Å². The number of nitrogens with zero attached hydrogens (tertiary/aromatic N) is 1. The molecular formula is C14H22N2O2. The highest BCUT2D eigenvalue weighted by Gasteiger charge is 2.29. The molecule has 1 heterocycles. The molecule has 0 spiro atoms. The normalized spacial score (nSPS) is 27.1. The van der Waals surface area contributed by atoms with E-state index in [0.717, 1.165) is 18.7 Å². The van der Waals surface area contributed by atoms with Crippen LogP contribution in [0.4, 0.5) is 0 Å². The number of nitrogens with two attached hydrogens (primary N) is 1. The molecule has 4 nitrogen and oxygen atoms in total. The Kier molecular flexibility index (Phi) is 4.22. The molecule has 2 rings (SSSR count). The first kappa shape index (κ1) is 13.3. The van der Waals surface area contributed by atoms with Crippen LogP contribution in [-0.2, 0) is 4.74 Å². The van der Waals surface area contributed by atoms with E-state index >= 15 is 0 Å². The van der Waals surface area contributed by atoms with E-state index in [1.165, 1.54) is 0 Å². The van der Waals surface area contributed by atoms with Crippen molar-refractivity contribution in [1.29, 1.82) is 0 Å². The molecule has 3 atom stereocenters. The van der Waals surface area contributed by atoms with Gasteiger partial charge in [-0.05, 0) is 19.9 Å². The molecule has 0 amide bonds. The Balaban J connectivity index is 2.20. The zero-order valence-corrected chi connectivity index (χ0v) is 11.0. The maximum absolute atomic E-state index is 9.96. The predicted molar refractivity (Wildman–Crippen MR) is 71.5 cm³/mol. The van der Waals surface area contributed by atoms with Gasteiger partial charge in [-0.25, -0.2) is 0 Å². The molecule has 1 aromatic rings. The van der Waals surface area contributed by atoms with E-state index in [0.29, 0.717) is 12.3 Å². The molecule has 3 unspecified atom stereocenters. The maximum Gasteiger partial charge on any atom is 0.120 e. The highest BCUT2D eigenvalue weighted by atomic mass is 16.5. The minimum Gasteiger partial charge on any atom is -0.508 e. The first-order chi connectivity index (χ1) is 8.61. The smallest absolute Gasteiger partial charge is 0.120 e. The second-order valence-electron chi connectivity index (χ2n) is 5.02. The summed E-state index contributed by atoms with van der Waals surface area (Å²) in [4.78, 5) is 2.30. The number of aromatic hydroxyl groups is 1. The number of hydrogen-bond acceptors (Lipinski definition) is 4. The van der Waals surface area contributed by atoms with E-state index < -0.39 is 0 Å². The van der Waals surface area contributed by atoms with Crippen molar-refractivity contribution in [2.24, 2.45) is 5.73 Å². The molecule has 1 aliphatic heterocycles. The van der Waals surface area contributed by atoms with Crippen molar-refractivity contribution in [3.05, 3.63) is 29.8 Å². The van der Waals surface area contributed by atoms with E-state index in [1.54, 1.807) is 6.07 Å². The average molecular weight is 250 g/mol. The van der Waals surface area contributed by atoms with E-state index in [4.69, 9.17) is 10.5 Å². The number of phenols is 1. The van der Waals surface area contributed by atoms with Crippen LogP contribution in [0.25, 0.3) is 0 Å². The van der Waals surface area contributed by atoms with E-state index in [9.17, 15) is 5.11 Å². The van der Waals surface area contributed by atoms with Gasteiger partial charge in [0.15, 0.2) is 0 Å². The number of ether oxygens (including phenoxy) is 1. The summed E-state index contributed by atoms with van der Waals surface area (Å²) in [7, 11) is 0. The first-order valence-corrected chi connectivity index (χ1v) is 6.49. The van der Waals surface area contributed by atoms with E-state index in [-0.39, 0.29) is 18.2 Å². The molecule has 0 bridgehead atoms. The molecular weight excluding hydrogens is 228 g/mol. The second-order valence-corrected chi connectivity index (χ2v) is 5.02. The van der Waals surface area contributed by atoms with Gasteiger partial charge in [-0.3, -0.25) is 4.90 Å². The minimum atomic E-state index is 0.0556. The highest BCUT2D eigenvalue weighted by molar-refractivity contribution is 5.34. The van der Waals surface area contributed by atoms with Crippen LogP contribution in [0.1, 0.15) is 25.5 Å². The van der Waals surface area contributed by atoms with Gasteiger partial charge in [-0.2, -0.15) is 0 Å². The highest BCUT2D eigenvalue weighted by Crippen LogP contribution is 2.29. The lowest BCUT2D eigenvalue weighted by Gasteiger charge is -2.40. The van der Waals surface area contributed by atoms with Crippen LogP contribution >= 0.6 is 0 Å². The Hall–Kier alpha value is -1.10. The van der Waals surface area contributed by atoms with Gasteiger partial charge in [0.25, 0.3) is 0 Å². The monoisotopic (exact) mass is 250 g/mol. The fourth-order valence-electron chi connectivity index (χ4n) is 2.71. The molecule has 100 valence electrons. The van der Waals surface area contributed by atoms with Gasteiger partial charge in [-0.15, -0.1) is 0 Å². The summed E-state index contributed by atoms with van der Waals surface area (Å²) in [5.41, 5.74) is 6.81. The third kappa shape index (κ3) is 2.83. The Morgan fingerprint density at radius 2 is 1.94 bits per heavy atom. The van der Waals surface area contributed by atoms with Crippen molar-refractivity contribution in [2.75, 3.05) is 19.6 Å². The molecule has 0 aromatic heterocycles. The molecule has 3 N–H and O–H groups in total. The number of morpholine rings is 1. The number of rotatable bonds is 3. The standard InChI is InChI=1S/C14H22N2O2/c1-10-8-16(9-11(2)18-10)13(7-15)12-5-3-4-6-14(12)17/h3-6,10-11,13,17H,7-9,15H2,1-2H3. The van der Waals surface area contributed by atoms with Crippen molar-refractivity contribution < 1.29 is 9.84 Å². The molecule has 0 radical (unpaired) electrons. The average Bonchev–Trinajstić information content (AvgIpc) is 2.31. The van der Waals surface area contributed by atoms with Crippen LogP contribution in [0.2, 0.25) is 0 Å². The minimum absolute atomic E-state index is 0.0556. The van der Waals surface area contributed by atoms with Crippen LogP contribution in [-0.4, -0.2) is 41.8 Å². The van der Waals surface area contributed by atoms with Crippen LogP contribution in [0, 0.1) is 0 Å². The first-order valence-electron chi connectivity index (χ1n) is 6.49. The molecule has 0 saturated carbocycles. The van der Waals surface area contributed by atoms with Gasteiger partial charge in [0.2, 0.25) is 0 Å². The fourth-order valence-corrected chi connectivity index (χ4v) is 2.71. The molecule has 18 heavy (non-hydrogen) atoms. The second kappa shape index (κ2) is 5.69. The van der Waals surface area contributed by atoms with Crippen LogP contribution in [0.5, 0.6) is 5.75 Å². The Morgan fingerprint density at radius 3 is 2.50 bits per heavy atom. The van der Waals surface area contributed by atoms with Crippen molar-refractivity contribution in [2.45, 2.75) is 32.1 Å². The van der Waals surface area contributed by atoms with Gasteiger partial charge in [0.1, 0.15) is 5.75 Å². The van der Waals surface area contributed by atoms with Crippen molar-refractivity contribution in [3.8, 4) is 5.75 Å². The third-order valence-corrected chi connectivity index (χ3v) is 3.41. The summed E-state index contributed by atoms with van der Waals surface area (Å²) in [6.07, 6.45) is 0.405. The largest absolute Gasteiger partial charge is 0.508 e. The number of phenolic OH excluding ortho intramolecular Hbond substituents is 1. The summed E-state index contributed by atoms with van der Waals surface area (Å²) in [5.74, 6) is 0.319. The third-order valence-electron chi connectivity index (χ3n) is 3.41. The van der Waals surface area contributed by atoms with E-state index in [1.807, 2.05) is 18.2 Å². The Labute approximate surface area is 108 Å². The predicted octanol–water partition coefficient (Wildman–Crippen LogP) is 1.50. The maximum atomic E-state index is 9.96. The van der Waals surface area contributed by atoms with Gasteiger partial charge in [-0.1, -0.05) is 18.2 Å². The summed E-state index contributed by atoms with van der Waals surface area (Å²) in [6.45, 7) is 6.33. The Morgan fingerprint density at radius 1 is 1.33 bits per heavy atom.